The molecule has 0 fully saturated rings. The first-order valence-electron chi connectivity index (χ1n) is 6.33. The SMILES string of the molecule is CN(c1ccc2ncoc2c1)c1nc2ccccc2[nH]1. The molecule has 1 N–H and O–H groups in total. The number of hydrogen-bond donors (Lipinski definition) is 1. The second-order valence-corrected chi connectivity index (χ2v) is 4.64. The largest absolute Gasteiger partial charge is 0.443 e. The number of aromatic amines is 1. The minimum atomic E-state index is 0.769. The Morgan fingerprint density at radius 3 is 2.90 bits per heavy atom. The molecule has 0 saturated heterocycles. The van der Waals surface area contributed by atoms with Gasteiger partial charge in [0.15, 0.2) is 12.0 Å². The molecule has 2 aromatic heterocycles. The summed E-state index contributed by atoms with van der Waals surface area (Å²) in [6, 6.07) is 13.9. The van der Waals surface area contributed by atoms with Crippen LogP contribution in [0.2, 0.25) is 0 Å². The van der Waals surface area contributed by atoms with Crippen molar-refractivity contribution in [3.8, 4) is 0 Å². The third-order valence-corrected chi connectivity index (χ3v) is 3.40. The van der Waals surface area contributed by atoms with E-state index in [4.69, 9.17) is 4.42 Å². The zero-order chi connectivity index (χ0) is 13.5. The summed E-state index contributed by atoms with van der Waals surface area (Å²) in [4.78, 5) is 14.0. The fraction of sp³-hybridized carbons (Fsp3) is 0.0667. The molecule has 0 aliphatic heterocycles. The monoisotopic (exact) mass is 264 g/mol. The van der Waals surface area contributed by atoms with Gasteiger partial charge in [0.2, 0.25) is 5.95 Å². The van der Waals surface area contributed by atoms with Crippen LogP contribution in [-0.2, 0) is 0 Å². The van der Waals surface area contributed by atoms with E-state index in [-0.39, 0.29) is 0 Å². The van der Waals surface area contributed by atoms with Crippen molar-refractivity contribution in [2.24, 2.45) is 0 Å². The van der Waals surface area contributed by atoms with Gasteiger partial charge in [-0.3, -0.25) is 0 Å². The lowest BCUT2D eigenvalue weighted by Crippen LogP contribution is -2.10. The molecule has 0 saturated carbocycles. The lowest BCUT2D eigenvalue weighted by atomic mass is 10.3. The summed E-state index contributed by atoms with van der Waals surface area (Å²) in [5.41, 5.74) is 4.59. The zero-order valence-corrected chi connectivity index (χ0v) is 10.9. The fourth-order valence-corrected chi connectivity index (χ4v) is 2.27. The summed E-state index contributed by atoms with van der Waals surface area (Å²) in [7, 11) is 1.97. The smallest absolute Gasteiger partial charge is 0.208 e. The van der Waals surface area contributed by atoms with Crippen LogP contribution in [0.4, 0.5) is 11.6 Å². The molecule has 0 atom stereocenters. The lowest BCUT2D eigenvalue weighted by molar-refractivity contribution is 0.602. The van der Waals surface area contributed by atoms with Crippen molar-refractivity contribution >= 4 is 33.8 Å². The maximum Gasteiger partial charge on any atom is 0.208 e. The molecule has 5 nitrogen and oxygen atoms in total. The van der Waals surface area contributed by atoms with Crippen molar-refractivity contribution in [1.29, 1.82) is 0 Å². The summed E-state index contributed by atoms with van der Waals surface area (Å²) < 4.78 is 5.34. The number of aromatic nitrogens is 3. The maximum absolute atomic E-state index is 5.34. The number of rotatable bonds is 2. The molecule has 0 radical (unpaired) electrons. The summed E-state index contributed by atoms with van der Waals surface area (Å²) in [5.74, 6) is 0.796. The molecule has 0 aliphatic rings. The summed E-state index contributed by atoms with van der Waals surface area (Å²) in [6.07, 6.45) is 1.45. The van der Waals surface area contributed by atoms with Gasteiger partial charge in [0.1, 0.15) is 5.52 Å². The van der Waals surface area contributed by atoms with Gasteiger partial charge in [-0.25, -0.2) is 9.97 Å². The molecule has 0 aliphatic carbocycles. The standard InChI is InChI=1S/C15H12N4O/c1-19(10-6-7-13-14(8-10)20-9-16-13)15-17-11-4-2-3-5-12(11)18-15/h2-9H,1H3,(H,17,18). The summed E-state index contributed by atoms with van der Waals surface area (Å²) in [5, 5.41) is 0. The number of imidazole rings is 1. The average molecular weight is 264 g/mol. The highest BCUT2D eigenvalue weighted by atomic mass is 16.3. The predicted octanol–water partition coefficient (Wildman–Crippen LogP) is 3.47. The Labute approximate surface area is 114 Å². The number of oxazole rings is 1. The molecule has 20 heavy (non-hydrogen) atoms. The number of nitrogens with zero attached hydrogens (tertiary/aromatic N) is 3. The Morgan fingerprint density at radius 2 is 2.00 bits per heavy atom. The number of fused-ring (bicyclic) bond motifs is 2. The molecule has 0 amide bonds. The van der Waals surface area contributed by atoms with Crippen LogP contribution in [0.1, 0.15) is 0 Å². The molecule has 2 heterocycles. The lowest BCUT2D eigenvalue weighted by Gasteiger charge is -2.15. The Balaban J connectivity index is 1.79. The van der Waals surface area contributed by atoms with Crippen LogP contribution in [0.25, 0.3) is 22.1 Å². The molecule has 0 spiro atoms. The van der Waals surface area contributed by atoms with Gasteiger partial charge < -0.3 is 14.3 Å². The van der Waals surface area contributed by atoms with Crippen molar-refractivity contribution < 1.29 is 4.42 Å². The number of para-hydroxylation sites is 2. The van der Waals surface area contributed by atoms with Crippen LogP contribution >= 0.6 is 0 Å². The van der Waals surface area contributed by atoms with E-state index in [1.165, 1.54) is 6.39 Å². The van der Waals surface area contributed by atoms with Crippen LogP contribution in [0, 0.1) is 0 Å². The molecular formula is C15H12N4O. The third kappa shape index (κ3) is 1.64. The molecule has 5 heteroatoms. The molecular weight excluding hydrogens is 252 g/mol. The Kier molecular flexibility index (Phi) is 2.26. The molecule has 0 unspecified atom stereocenters. The maximum atomic E-state index is 5.34. The van der Waals surface area contributed by atoms with Crippen molar-refractivity contribution in [3.05, 3.63) is 48.9 Å². The van der Waals surface area contributed by atoms with Crippen molar-refractivity contribution in [2.75, 3.05) is 11.9 Å². The minimum absolute atomic E-state index is 0.769. The van der Waals surface area contributed by atoms with E-state index in [0.29, 0.717) is 0 Å². The zero-order valence-electron chi connectivity index (χ0n) is 10.9. The molecule has 4 rings (SSSR count). The number of H-pyrrole nitrogens is 1. The first kappa shape index (κ1) is 11.0. The molecule has 0 bridgehead atoms. The van der Waals surface area contributed by atoms with Gasteiger partial charge in [-0.15, -0.1) is 0 Å². The number of benzene rings is 2. The average Bonchev–Trinajstić information content (AvgIpc) is 3.11. The van der Waals surface area contributed by atoms with Gasteiger partial charge >= 0.3 is 0 Å². The van der Waals surface area contributed by atoms with Crippen molar-refractivity contribution in [2.45, 2.75) is 0 Å². The van der Waals surface area contributed by atoms with Crippen LogP contribution in [0.15, 0.2) is 53.3 Å². The summed E-state index contributed by atoms with van der Waals surface area (Å²) >= 11 is 0. The van der Waals surface area contributed by atoms with Crippen LogP contribution in [0.5, 0.6) is 0 Å². The topological polar surface area (TPSA) is 58.0 Å². The predicted molar refractivity (Wildman–Crippen MR) is 78.2 cm³/mol. The van der Waals surface area contributed by atoms with E-state index >= 15 is 0 Å². The Bertz CT molecular complexity index is 858. The van der Waals surface area contributed by atoms with Gasteiger partial charge in [0.25, 0.3) is 0 Å². The highest BCUT2D eigenvalue weighted by Crippen LogP contribution is 2.26. The molecule has 98 valence electrons. The van der Waals surface area contributed by atoms with E-state index in [2.05, 4.69) is 15.0 Å². The van der Waals surface area contributed by atoms with E-state index in [1.807, 2.05) is 54.4 Å². The third-order valence-electron chi connectivity index (χ3n) is 3.40. The quantitative estimate of drug-likeness (QED) is 0.602. The fourth-order valence-electron chi connectivity index (χ4n) is 2.27. The van der Waals surface area contributed by atoms with Gasteiger partial charge in [-0.05, 0) is 24.3 Å². The van der Waals surface area contributed by atoms with E-state index in [9.17, 15) is 0 Å². The molecule has 2 aromatic carbocycles. The summed E-state index contributed by atoms with van der Waals surface area (Å²) in [6.45, 7) is 0. The number of nitrogens with one attached hydrogen (secondary N) is 1. The van der Waals surface area contributed by atoms with Gasteiger partial charge in [-0.2, -0.15) is 0 Å². The van der Waals surface area contributed by atoms with Gasteiger partial charge in [-0.1, -0.05) is 12.1 Å². The first-order chi connectivity index (χ1) is 9.81. The highest BCUT2D eigenvalue weighted by Gasteiger charge is 2.10. The minimum Gasteiger partial charge on any atom is -0.443 e. The van der Waals surface area contributed by atoms with Gasteiger partial charge in [0, 0.05) is 18.8 Å². The second kappa shape index (κ2) is 4.09. The molecule has 4 aromatic rings. The van der Waals surface area contributed by atoms with Crippen molar-refractivity contribution in [1.82, 2.24) is 15.0 Å². The number of anilines is 2. The van der Waals surface area contributed by atoms with Gasteiger partial charge in [0.05, 0.1) is 11.0 Å². The second-order valence-electron chi connectivity index (χ2n) is 4.64. The van der Waals surface area contributed by atoms with E-state index < -0.39 is 0 Å². The first-order valence-corrected chi connectivity index (χ1v) is 6.33. The Morgan fingerprint density at radius 1 is 1.10 bits per heavy atom. The Hall–Kier alpha value is -2.82. The van der Waals surface area contributed by atoms with Crippen LogP contribution < -0.4 is 4.90 Å². The van der Waals surface area contributed by atoms with Crippen molar-refractivity contribution in [3.63, 3.8) is 0 Å². The van der Waals surface area contributed by atoms with E-state index in [1.54, 1.807) is 0 Å². The number of hydrogen-bond acceptors (Lipinski definition) is 4. The van der Waals surface area contributed by atoms with Crippen LogP contribution in [-0.4, -0.2) is 22.0 Å². The van der Waals surface area contributed by atoms with E-state index in [0.717, 1.165) is 33.8 Å². The van der Waals surface area contributed by atoms with Crippen LogP contribution in [0.3, 0.4) is 0 Å². The highest BCUT2D eigenvalue weighted by molar-refractivity contribution is 5.81. The normalized spacial score (nSPS) is 11.2.